The van der Waals surface area contributed by atoms with E-state index in [1.807, 2.05) is 0 Å². The smallest absolute Gasteiger partial charge is 0.262 e. The fraction of sp³-hybridized carbons (Fsp3) is 0.0769. The number of hydrogen-bond acceptors (Lipinski definition) is 4. The third kappa shape index (κ3) is 3.15. The van der Waals surface area contributed by atoms with Crippen molar-refractivity contribution in [3.8, 4) is 11.5 Å². The van der Waals surface area contributed by atoms with Crippen LogP contribution < -0.4 is 9.46 Å². The van der Waals surface area contributed by atoms with E-state index in [1.54, 1.807) is 0 Å². The van der Waals surface area contributed by atoms with Gasteiger partial charge in [0.05, 0.1) is 17.0 Å². The Morgan fingerprint density at radius 3 is 2.40 bits per heavy atom. The van der Waals surface area contributed by atoms with Crippen molar-refractivity contribution in [1.82, 2.24) is 0 Å². The van der Waals surface area contributed by atoms with Crippen LogP contribution in [0, 0.1) is 0 Å². The first-order chi connectivity index (χ1) is 9.42. The number of benzene rings is 2. The van der Waals surface area contributed by atoms with Gasteiger partial charge in [0.15, 0.2) is 0 Å². The summed E-state index contributed by atoms with van der Waals surface area (Å²) in [4.78, 5) is 0.0341. The summed E-state index contributed by atoms with van der Waals surface area (Å²) >= 11 is 5.86. The predicted octanol–water partition coefficient (Wildman–Crippen LogP) is 2.86. The van der Waals surface area contributed by atoms with Gasteiger partial charge in [0, 0.05) is 11.8 Å². The first-order valence-corrected chi connectivity index (χ1v) is 7.44. The van der Waals surface area contributed by atoms with Crippen molar-refractivity contribution in [2.24, 2.45) is 0 Å². The second-order valence-corrected chi connectivity index (χ2v) is 6.04. The Morgan fingerprint density at radius 1 is 1.15 bits per heavy atom. The summed E-state index contributed by atoms with van der Waals surface area (Å²) in [6.45, 7) is 0. The van der Waals surface area contributed by atoms with Gasteiger partial charge in [-0.15, -0.1) is 0 Å². The molecule has 2 rings (SSSR count). The number of nitrogens with one attached hydrogen (secondary N) is 1. The molecule has 5 nitrogen and oxygen atoms in total. The monoisotopic (exact) mass is 313 g/mol. The molecule has 0 unspecified atom stereocenters. The lowest BCUT2D eigenvalue weighted by Gasteiger charge is -2.10. The molecular formula is C13H12ClNO4S. The lowest BCUT2D eigenvalue weighted by atomic mass is 10.3. The van der Waals surface area contributed by atoms with Gasteiger partial charge >= 0.3 is 0 Å². The summed E-state index contributed by atoms with van der Waals surface area (Å²) in [5, 5.41) is 9.49. The zero-order valence-electron chi connectivity index (χ0n) is 10.5. The van der Waals surface area contributed by atoms with Crippen LogP contribution in [-0.2, 0) is 10.0 Å². The average molecular weight is 314 g/mol. The maximum absolute atomic E-state index is 12.2. The van der Waals surface area contributed by atoms with Crippen LogP contribution in [-0.4, -0.2) is 20.6 Å². The van der Waals surface area contributed by atoms with Crippen molar-refractivity contribution in [1.29, 1.82) is 0 Å². The van der Waals surface area contributed by atoms with E-state index in [1.165, 1.54) is 49.6 Å². The standard InChI is InChI=1S/C13H12ClNO4S/c1-19-13-8-11(6-7-12(13)14)20(17,18)15-9-2-4-10(16)5-3-9/h2-8,15-16H,1H3. The van der Waals surface area contributed by atoms with Gasteiger partial charge in [0.2, 0.25) is 0 Å². The van der Waals surface area contributed by atoms with E-state index in [0.717, 1.165) is 0 Å². The van der Waals surface area contributed by atoms with Crippen molar-refractivity contribution >= 4 is 27.3 Å². The molecule has 106 valence electrons. The Labute approximate surface area is 121 Å². The van der Waals surface area contributed by atoms with E-state index in [9.17, 15) is 8.42 Å². The minimum absolute atomic E-state index is 0.0341. The highest BCUT2D eigenvalue weighted by Gasteiger charge is 2.16. The molecule has 0 aromatic heterocycles. The van der Waals surface area contributed by atoms with E-state index in [4.69, 9.17) is 21.4 Å². The zero-order valence-corrected chi connectivity index (χ0v) is 12.1. The van der Waals surface area contributed by atoms with E-state index in [2.05, 4.69) is 4.72 Å². The molecule has 0 radical (unpaired) electrons. The van der Waals surface area contributed by atoms with Crippen LogP contribution in [0.3, 0.4) is 0 Å². The lowest BCUT2D eigenvalue weighted by Crippen LogP contribution is -2.12. The normalized spacial score (nSPS) is 11.1. The molecule has 0 heterocycles. The third-order valence-corrected chi connectivity index (χ3v) is 4.24. The molecule has 0 fully saturated rings. The molecular weight excluding hydrogens is 302 g/mol. The van der Waals surface area contributed by atoms with Crippen molar-refractivity contribution in [3.05, 3.63) is 47.5 Å². The fourth-order valence-electron chi connectivity index (χ4n) is 1.55. The second kappa shape index (κ2) is 5.60. The molecule has 20 heavy (non-hydrogen) atoms. The number of halogens is 1. The fourth-order valence-corrected chi connectivity index (χ4v) is 2.82. The largest absolute Gasteiger partial charge is 0.508 e. The van der Waals surface area contributed by atoms with Gasteiger partial charge in [-0.2, -0.15) is 0 Å². The highest BCUT2D eigenvalue weighted by atomic mass is 35.5. The molecule has 0 saturated carbocycles. The number of anilines is 1. The Hall–Kier alpha value is -1.92. The quantitative estimate of drug-likeness (QED) is 0.851. The molecule has 2 aromatic carbocycles. The maximum atomic E-state index is 12.2. The van der Waals surface area contributed by atoms with Crippen LogP contribution in [0.4, 0.5) is 5.69 Å². The van der Waals surface area contributed by atoms with Gasteiger partial charge in [-0.25, -0.2) is 8.42 Å². The molecule has 0 spiro atoms. The number of methoxy groups -OCH3 is 1. The molecule has 0 saturated heterocycles. The second-order valence-electron chi connectivity index (χ2n) is 3.95. The molecule has 0 aliphatic carbocycles. The number of hydrogen-bond donors (Lipinski definition) is 2. The number of aromatic hydroxyl groups is 1. The van der Waals surface area contributed by atoms with E-state index < -0.39 is 10.0 Å². The average Bonchev–Trinajstić information content (AvgIpc) is 2.41. The highest BCUT2D eigenvalue weighted by Crippen LogP contribution is 2.28. The van der Waals surface area contributed by atoms with Crippen molar-refractivity contribution in [3.63, 3.8) is 0 Å². The number of phenolic OH excluding ortho intramolecular Hbond substituents is 1. The molecule has 0 atom stereocenters. The minimum Gasteiger partial charge on any atom is -0.508 e. The first kappa shape index (κ1) is 14.5. The van der Waals surface area contributed by atoms with E-state index >= 15 is 0 Å². The summed E-state index contributed by atoms with van der Waals surface area (Å²) in [6.07, 6.45) is 0. The summed E-state index contributed by atoms with van der Waals surface area (Å²) in [5.74, 6) is 0.335. The molecule has 2 aromatic rings. The van der Waals surface area contributed by atoms with Crippen LogP contribution in [0.2, 0.25) is 5.02 Å². The topological polar surface area (TPSA) is 75.6 Å². The summed E-state index contributed by atoms with van der Waals surface area (Å²) in [6, 6.07) is 9.87. The maximum Gasteiger partial charge on any atom is 0.262 e. The highest BCUT2D eigenvalue weighted by molar-refractivity contribution is 7.92. The van der Waals surface area contributed by atoms with Gasteiger partial charge in [0.25, 0.3) is 10.0 Å². The van der Waals surface area contributed by atoms with Crippen molar-refractivity contribution < 1.29 is 18.3 Å². The van der Waals surface area contributed by atoms with Crippen LogP contribution in [0.25, 0.3) is 0 Å². The van der Waals surface area contributed by atoms with Crippen LogP contribution in [0.1, 0.15) is 0 Å². The van der Waals surface area contributed by atoms with Gasteiger partial charge in [-0.1, -0.05) is 11.6 Å². The Morgan fingerprint density at radius 2 is 1.80 bits per heavy atom. The summed E-state index contributed by atoms with van der Waals surface area (Å²) in [7, 11) is -2.34. The van der Waals surface area contributed by atoms with E-state index in [0.29, 0.717) is 10.7 Å². The number of ether oxygens (including phenoxy) is 1. The number of rotatable bonds is 4. The van der Waals surface area contributed by atoms with Crippen molar-refractivity contribution in [2.45, 2.75) is 4.90 Å². The molecule has 0 amide bonds. The third-order valence-electron chi connectivity index (χ3n) is 2.55. The molecule has 2 N–H and O–H groups in total. The van der Waals surface area contributed by atoms with Crippen molar-refractivity contribution in [2.75, 3.05) is 11.8 Å². The molecule has 0 bridgehead atoms. The van der Waals surface area contributed by atoms with Crippen LogP contribution in [0.15, 0.2) is 47.4 Å². The summed E-state index contributed by atoms with van der Waals surface area (Å²) in [5.41, 5.74) is 0.344. The zero-order chi connectivity index (χ0) is 14.8. The van der Waals surface area contributed by atoms with Crippen LogP contribution in [0.5, 0.6) is 11.5 Å². The first-order valence-electron chi connectivity index (χ1n) is 5.58. The van der Waals surface area contributed by atoms with Gasteiger partial charge in [-0.3, -0.25) is 4.72 Å². The number of phenols is 1. The van der Waals surface area contributed by atoms with Crippen LogP contribution >= 0.6 is 11.6 Å². The summed E-state index contributed by atoms with van der Waals surface area (Å²) < 4.78 is 31.8. The Bertz CT molecular complexity index is 714. The Balaban J connectivity index is 2.33. The molecule has 0 aliphatic rings. The minimum atomic E-state index is -3.75. The molecule has 0 aliphatic heterocycles. The van der Waals surface area contributed by atoms with Gasteiger partial charge in [0.1, 0.15) is 11.5 Å². The number of sulfonamides is 1. The van der Waals surface area contributed by atoms with Gasteiger partial charge < -0.3 is 9.84 Å². The SMILES string of the molecule is COc1cc(S(=O)(=O)Nc2ccc(O)cc2)ccc1Cl. The van der Waals surface area contributed by atoms with E-state index in [-0.39, 0.29) is 16.4 Å². The molecule has 7 heteroatoms. The van der Waals surface area contributed by atoms with Gasteiger partial charge in [-0.05, 0) is 36.4 Å². The predicted molar refractivity (Wildman–Crippen MR) is 76.9 cm³/mol. The Kier molecular flexibility index (Phi) is 4.06. The lowest BCUT2D eigenvalue weighted by molar-refractivity contribution is 0.413.